The molecule has 0 saturated carbocycles. The van der Waals surface area contributed by atoms with Gasteiger partial charge in [0.2, 0.25) is 0 Å². The lowest BCUT2D eigenvalue weighted by Crippen LogP contribution is -2.39. The van der Waals surface area contributed by atoms with Crippen molar-refractivity contribution < 1.29 is 14.3 Å². The highest BCUT2D eigenvalue weighted by Gasteiger charge is 2.31. The molecule has 0 aliphatic heterocycles. The van der Waals surface area contributed by atoms with Crippen molar-refractivity contribution >= 4 is 23.1 Å². The number of nitrogens with one attached hydrogen (secondary N) is 3. The molecule has 1 heterocycles. The third kappa shape index (κ3) is 6.57. The highest BCUT2D eigenvalue weighted by Crippen LogP contribution is 2.22. The smallest absolute Gasteiger partial charge is 0.349 e. The first-order valence-electron chi connectivity index (χ1n) is 11.2. The van der Waals surface area contributed by atoms with Crippen LogP contribution in [0.1, 0.15) is 52.1 Å². The van der Waals surface area contributed by atoms with Gasteiger partial charge in [-0.3, -0.25) is 9.36 Å². The topological polar surface area (TPSA) is 118 Å². The molecule has 0 spiro atoms. The molecule has 0 aliphatic rings. The van der Waals surface area contributed by atoms with Crippen LogP contribution in [0.3, 0.4) is 0 Å². The lowest BCUT2D eigenvalue weighted by molar-refractivity contribution is -0.158. The van der Waals surface area contributed by atoms with E-state index in [9.17, 15) is 9.59 Å². The second-order valence-electron chi connectivity index (χ2n) is 8.10. The van der Waals surface area contributed by atoms with E-state index in [1.807, 2.05) is 19.1 Å². The Morgan fingerprint density at radius 2 is 1.88 bits per heavy atom. The van der Waals surface area contributed by atoms with Crippen LogP contribution < -0.4 is 20.9 Å². The van der Waals surface area contributed by atoms with Gasteiger partial charge in [0.25, 0.3) is 5.56 Å². The Labute approximate surface area is 195 Å². The maximum absolute atomic E-state index is 13.0. The molecule has 180 valence electrons. The van der Waals surface area contributed by atoms with Crippen molar-refractivity contribution in [1.82, 2.24) is 9.55 Å². The molecule has 9 heteroatoms. The lowest BCUT2D eigenvalue weighted by Gasteiger charge is -2.24. The predicted molar refractivity (Wildman–Crippen MR) is 131 cm³/mol. The summed E-state index contributed by atoms with van der Waals surface area (Å²) in [6, 6.07) is 7.24. The number of carbonyl (C=O) groups is 1. The first-order chi connectivity index (χ1) is 15.6. The van der Waals surface area contributed by atoms with Gasteiger partial charge in [0.15, 0.2) is 5.60 Å². The van der Waals surface area contributed by atoms with Crippen LogP contribution in [0.25, 0.3) is 0 Å². The van der Waals surface area contributed by atoms with Crippen LogP contribution in [-0.2, 0) is 16.1 Å². The average molecular weight is 458 g/mol. The van der Waals surface area contributed by atoms with Gasteiger partial charge < -0.3 is 25.5 Å². The van der Waals surface area contributed by atoms with Crippen LogP contribution in [0, 0.1) is 12.3 Å². The minimum atomic E-state index is -1.08. The Bertz CT molecular complexity index is 1030. The van der Waals surface area contributed by atoms with E-state index in [0.717, 1.165) is 12.1 Å². The summed E-state index contributed by atoms with van der Waals surface area (Å²) in [5.41, 5.74) is 0.719. The molecule has 9 nitrogen and oxygen atoms in total. The lowest BCUT2D eigenvalue weighted by atomic mass is 10.1. The molecule has 0 radical (unpaired) electrons. The van der Waals surface area contributed by atoms with Gasteiger partial charge in [-0.05, 0) is 58.4 Å². The molecule has 1 aromatic carbocycles. The zero-order chi connectivity index (χ0) is 24.6. The molecular formula is C24H35N5O4. The first-order valence-corrected chi connectivity index (χ1v) is 11.2. The zero-order valence-electron chi connectivity index (χ0n) is 20.4. The first kappa shape index (κ1) is 25.9. The molecule has 0 saturated heterocycles. The number of esters is 1. The summed E-state index contributed by atoms with van der Waals surface area (Å²) in [6.45, 7) is 10.1. The summed E-state index contributed by atoms with van der Waals surface area (Å²) in [5.74, 6) is 0.707. The largest absolute Gasteiger partial charge is 0.476 e. The number of ether oxygens (including phenoxy) is 2. The van der Waals surface area contributed by atoms with Crippen LogP contribution in [0.5, 0.6) is 5.75 Å². The molecule has 0 unspecified atom stereocenters. The van der Waals surface area contributed by atoms with E-state index < -0.39 is 11.6 Å². The van der Waals surface area contributed by atoms with Crippen LogP contribution in [0.4, 0.5) is 11.4 Å². The average Bonchev–Trinajstić information content (AvgIpc) is 2.77. The Balaban J connectivity index is 2.05. The number of aryl methyl sites for hydroxylation is 1. The maximum atomic E-state index is 13.0. The van der Waals surface area contributed by atoms with E-state index in [4.69, 9.17) is 14.9 Å². The van der Waals surface area contributed by atoms with Crippen molar-refractivity contribution in [3.05, 3.63) is 46.1 Å². The SMILES string of the molecule is CCCC(=N)c1nc(C)n(CCNc2ccc(OC(C)(C)C(=O)OCC)cc2)c(=O)c1NC. The summed E-state index contributed by atoms with van der Waals surface area (Å²) in [4.78, 5) is 29.5. The number of anilines is 2. The highest BCUT2D eigenvalue weighted by atomic mass is 16.6. The minimum absolute atomic E-state index is 0.187. The summed E-state index contributed by atoms with van der Waals surface area (Å²) in [7, 11) is 1.67. The summed E-state index contributed by atoms with van der Waals surface area (Å²) in [5, 5.41) is 14.4. The van der Waals surface area contributed by atoms with Crippen molar-refractivity contribution in [2.75, 3.05) is 30.8 Å². The molecule has 2 aromatic rings. The van der Waals surface area contributed by atoms with Gasteiger partial charge in [-0.25, -0.2) is 9.78 Å². The third-order valence-electron chi connectivity index (χ3n) is 5.05. The van der Waals surface area contributed by atoms with Gasteiger partial charge in [-0.2, -0.15) is 0 Å². The molecule has 0 atom stereocenters. The standard InChI is InChI=1S/C24H35N5O4/c1-7-9-19(25)20-21(26-6)22(30)29(16(3)28-20)15-14-27-17-10-12-18(13-11-17)33-24(4,5)23(31)32-8-2/h10-13,25-27H,7-9,14-15H2,1-6H3. The zero-order valence-corrected chi connectivity index (χ0v) is 20.4. The normalized spacial score (nSPS) is 11.1. The minimum Gasteiger partial charge on any atom is -0.476 e. The van der Waals surface area contributed by atoms with Crippen molar-refractivity contribution in [1.29, 1.82) is 5.41 Å². The van der Waals surface area contributed by atoms with Crippen LogP contribution >= 0.6 is 0 Å². The van der Waals surface area contributed by atoms with Gasteiger partial charge in [0, 0.05) is 25.8 Å². The number of nitrogens with zero attached hydrogens (tertiary/aromatic N) is 2. The van der Waals surface area contributed by atoms with E-state index in [1.165, 1.54) is 0 Å². The van der Waals surface area contributed by atoms with Gasteiger partial charge in [0.05, 0.1) is 12.3 Å². The monoisotopic (exact) mass is 457 g/mol. The molecule has 0 bridgehead atoms. The number of hydrogen-bond acceptors (Lipinski definition) is 8. The fourth-order valence-electron chi connectivity index (χ4n) is 3.33. The Morgan fingerprint density at radius 3 is 2.45 bits per heavy atom. The summed E-state index contributed by atoms with van der Waals surface area (Å²) in [6.07, 6.45) is 1.39. The van der Waals surface area contributed by atoms with Gasteiger partial charge >= 0.3 is 5.97 Å². The van der Waals surface area contributed by atoms with Gasteiger partial charge in [-0.1, -0.05) is 13.3 Å². The van der Waals surface area contributed by atoms with E-state index in [1.54, 1.807) is 51.4 Å². The van der Waals surface area contributed by atoms with Crippen LogP contribution in [0.15, 0.2) is 29.1 Å². The second kappa shape index (κ2) is 11.5. The Hall–Kier alpha value is -3.36. The maximum Gasteiger partial charge on any atom is 0.349 e. The summed E-state index contributed by atoms with van der Waals surface area (Å²) >= 11 is 0. The van der Waals surface area contributed by atoms with Gasteiger partial charge in [0.1, 0.15) is 23.0 Å². The Morgan fingerprint density at radius 1 is 1.21 bits per heavy atom. The van der Waals surface area contributed by atoms with Crippen molar-refractivity contribution in [2.45, 2.75) is 59.6 Å². The Kier molecular flexibility index (Phi) is 9.02. The number of aromatic nitrogens is 2. The van der Waals surface area contributed by atoms with Crippen LogP contribution in [-0.4, -0.2) is 47.0 Å². The molecule has 1 aromatic heterocycles. The quantitative estimate of drug-likeness (QED) is 0.329. The number of rotatable bonds is 12. The number of carbonyl (C=O) groups excluding carboxylic acids is 1. The molecule has 3 N–H and O–H groups in total. The second-order valence-corrected chi connectivity index (χ2v) is 8.10. The molecular weight excluding hydrogens is 422 g/mol. The fourth-order valence-corrected chi connectivity index (χ4v) is 3.33. The molecule has 0 aliphatic carbocycles. The van der Waals surface area contributed by atoms with Crippen molar-refractivity contribution in [3.63, 3.8) is 0 Å². The number of hydrogen-bond donors (Lipinski definition) is 3. The van der Waals surface area contributed by atoms with E-state index in [0.29, 0.717) is 54.8 Å². The molecule has 33 heavy (non-hydrogen) atoms. The highest BCUT2D eigenvalue weighted by molar-refractivity contribution is 6.00. The van der Waals surface area contributed by atoms with Crippen molar-refractivity contribution in [3.8, 4) is 5.75 Å². The predicted octanol–water partition coefficient (Wildman–Crippen LogP) is 3.59. The molecule has 2 rings (SSSR count). The van der Waals surface area contributed by atoms with Crippen molar-refractivity contribution in [2.24, 2.45) is 0 Å². The third-order valence-corrected chi connectivity index (χ3v) is 5.05. The van der Waals surface area contributed by atoms with E-state index in [-0.39, 0.29) is 5.56 Å². The van der Waals surface area contributed by atoms with Crippen LogP contribution in [0.2, 0.25) is 0 Å². The van der Waals surface area contributed by atoms with E-state index in [2.05, 4.69) is 15.6 Å². The van der Waals surface area contributed by atoms with Gasteiger partial charge in [-0.15, -0.1) is 0 Å². The van der Waals surface area contributed by atoms with E-state index >= 15 is 0 Å². The summed E-state index contributed by atoms with van der Waals surface area (Å²) < 4.78 is 12.4. The number of benzene rings is 1. The molecule has 0 fully saturated rings. The fraction of sp³-hybridized carbons (Fsp3) is 0.500. The molecule has 0 amide bonds.